The zero-order valence-electron chi connectivity index (χ0n) is 9.94. The minimum atomic E-state index is -4.13. The molecule has 6 heteroatoms. The second kappa shape index (κ2) is 6.23. The molecule has 1 fully saturated rings. The molecule has 17 heavy (non-hydrogen) atoms. The molecule has 1 aliphatic carbocycles. The molecule has 0 aliphatic heterocycles. The van der Waals surface area contributed by atoms with Gasteiger partial charge in [-0.2, -0.15) is 13.2 Å². The van der Waals surface area contributed by atoms with Crippen LogP contribution in [0.5, 0.6) is 0 Å². The Bertz CT molecular complexity index is 256. The van der Waals surface area contributed by atoms with Gasteiger partial charge in [0.05, 0.1) is 12.5 Å². The molecule has 0 saturated heterocycles. The summed E-state index contributed by atoms with van der Waals surface area (Å²) in [6, 6.07) is -0.332. The van der Waals surface area contributed by atoms with Gasteiger partial charge in [0.1, 0.15) is 0 Å². The fraction of sp³-hybridized carbons (Fsp3) is 0.909. The number of alkyl halides is 3. The topological polar surface area (TPSA) is 41.1 Å². The molecule has 0 aromatic carbocycles. The van der Waals surface area contributed by atoms with Gasteiger partial charge in [-0.15, -0.1) is 0 Å². The summed E-state index contributed by atoms with van der Waals surface area (Å²) in [6.07, 6.45) is -2.77. The summed E-state index contributed by atoms with van der Waals surface area (Å²) in [6.45, 7) is 2.71. The number of rotatable bonds is 4. The van der Waals surface area contributed by atoms with E-state index < -0.39 is 12.1 Å². The first kappa shape index (κ1) is 14.3. The van der Waals surface area contributed by atoms with Crippen LogP contribution in [0.15, 0.2) is 0 Å². The first-order valence-corrected chi connectivity index (χ1v) is 6.00. The van der Waals surface area contributed by atoms with Crippen LogP contribution in [0.25, 0.3) is 0 Å². The average Bonchev–Trinajstić information content (AvgIpc) is 2.25. The smallest absolute Gasteiger partial charge is 0.352 e. The van der Waals surface area contributed by atoms with Crippen molar-refractivity contribution in [2.45, 2.75) is 44.8 Å². The third-order valence-electron chi connectivity index (χ3n) is 3.04. The Hall–Kier alpha value is -0.780. The Kier molecular flexibility index (Phi) is 5.24. The van der Waals surface area contributed by atoms with Gasteiger partial charge in [0, 0.05) is 6.04 Å². The number of halogens is 3. The number of carbonyl (C=O) groups excluding carboxylic acids is 1. The lowest BCUT2D eigenvalue weighted by Crippen LogP contribution is -2.44. The maximum absolute atomic E-state index is 12.5. The minimum Gasteiger partial charge on any atom is -0.352 e. The first-order valence-electron chi connectivity index (χ1n) is 6.00. The van der Waals surface area contributed by atoms with Gasteiger partial charge in [0.25, 0.3) is 0 Å². The monoisotopic (exact) mass is 252 g/mol. The molecule has 0 aromatic rings. The standard InChI is InChI=1S/C11H19F3N2O/c1-2-15-7-10(17)16-9-5-3-4-8(6-9)11(12,13)14/h8-9,15H,2-7H2,1H3,(H,16,17). The molecular weight excluding hydrogens is 233 g/mol. The largest absolute Gasteiger partial charge is 0.391 e. The molecule has 0 heterocycles. The summed E-state index contributed by atoms with van der Waals surface area (Å²) >= 11 is 0. The van der Waals surface area contributed by atoms with Gasteiger partial charge >= 0.3 is 6.18 Å². The molecule has 0 bridgehead atoms. The van der Waals surface area contributed by atoms with Gasteiger partial charge in [-0.25, -0.2) is 0 Å². The highest BCUT2D eigenvalue weighted by Gasteiger charge is 2.42. The second-order valence-corrected chi connectivity index (χ2v) is 4.45. The summed E-state index contributed by atoms with van der Waals surface area (Å²) in [5.74, 6) is -1.49. The van der Waals surface area contributed by atoms with Crippen molar-refractivity contribution >= 4 is 5.91 Å². The summed E-state index contributed by atoms with van der Waals surface area (Å²) in [5.41, 5.74) is 0. The fourth-order valence-electron chi connectivity index (χ4n) is 2.14. The van der Waals surface area contributed by atoms with Crippen LogP contribution in [0.4, 0.5) is 13.2 Å². The number of hydrogen-bond acceptors (Lipinski definition) is 2. The third-order valence-corrected chi connectivity index (χ3v) is 3.04. The highest BCUT2D eigenvalue weighted by molar-refractivity contribution is 5.78. The molecule has 0 aromatic heterocycles. The Labute approximate surface area is 99.1 Å². The van der Waals surface area contributed by atoms with Crippen LogP contribution in [0.3, 0.4) is 0 Å². The number of hydrogen-bond donors (Lipinski definition) is 2. The SMILES string of the molecule is CCNCC(=O)NC1CCCC(C(F)(F)F)C1. The maximum atomic E-state index is 12.5. The zero-order chi connectivity index (χ0) is 12.9. The molecule has 1 amide bonds. The van der Waals surface area contributed by atoms with Crippen molar-refractivity contribution in [2.75, 3.05) is 13.1 Å². The molecule has 100 valence electrons. The van der Waals surface area contributed by atoms with E-state index in [0.717, 1.165) is 0 Å². The van der Waals surface area contributed by atoms with Crippen molar-refractivity contribution in [3.8, 4) is 0 Å². The highest BCUT2D eigenvalue weighted by atomic mass is 19.4. The van der Waals surface area contributed by atoms with Crippen LogP contribution in [-0.2, 0) is 4.79 Å². The van der Waals surface area contributed by atoms with Gasteiger partial charge in [0.15, 0.2) is 0 Å². The average molecular weight is 252 g/mol. The number of nitrogens with one attached hydrogen (secondary N) is 2. The quantitative estimate of drug-likeness (QED) is 0.801. The predicted molar refractivity (Wildman–Crippen MR) is 58.5 cm³/mol. The van der Waals surface area contributed by atoms with Crippen LogP contribution >= 0.6 is 0 Å². The van der Waals surface area contributed by atoms with Crippen molar-refractivity contribution in [3.05, 3.63) is 0 Å². The lowest BCUT2D eigenvalue weighted by Gasteiger charge is -2.31. The number of carbonyl (C=O) groups is 1. The van der Waals surface area contributed by atoms with Gasteiger partial charge in [-0.05, 0) is 25.8 Å². The summed E-state index contributed by atoms with van der Waals surface area (Å²) < 4.78 is 37.6. The Morgan fingerprint density at radius 1 is 1.35 bits per heavy atom. The predicted octanol–water partition coefficient (Wildman–Crippen LogP) is 1.83. The minimum absolute atomic E-state index is 0.0152. The lowest BCUT2D eigenvalue weighted by atomic mass is 9.85. The van der Waals surface area contributed by atoms with E-state index >= 15 is 0 Å². The van der Waals surface area contributed by atoms with Crippen molar-refractivity contribution in [1.29, 1.82) is 0 Å². The Morgan fingerprint density at radius 3 is 2.65 bits per heavy atom. The molecule has 2 atom stereocenters. The van der Waals surface area contributed by atoms with E-state index in [0.29, 0.717) is 19.4 Å². The summed E-state index contributed by atoms with van der Waals surface area (Å²) in [4.78, 5) is 11.4. The van der Waals surface area contributed by atoms with Crippen molar-refractivity contribution in [2.24, 2.45) is 5.92 Å². The molecule has 1 rings (SSSR count). The van der Waals surface area contributed by atoms with Crippen molar-refractivity contribution in [1.82, 2.24) is 10.6 Å². The molecule has 3 nitrogen and oxygen atoms in total. The van der Waals surface area contributed by atoms with E-state index in [-0.39, 0.29) is 31.3 Å². The van der Waals surface area contributed by atoms with Crippen LogP contribution in [0.1, 0.15) is 32.6 Å². The van der Waals surface area contributed by atoms with Gasteiger partial charge in [-0.3, -0.25) is 4.79 Å². The molecular formula is C11H19F3N2O. The van der Waals surface area contributed by atoms with Crippen molar-refractivity contribution in [3.63, 3.8) is 0 Å². The highest BCUT2D eigenvalue weighted by Crippen LogP contribution is 2.37. The van der Waals surface area contributed by atoms with E-state index in [1.165, 1.54) is 0 Å². The molecule has 0 radical (unpaired) electrons. The molecule has 2 unspecified atom stereocenters. The van der Waals surface area contributed by atoms with Crippen LogP contribution in [0.2, 0.25) is 0 Å². The summed E-state index contributed by atoms with van der Waals surface area (Å²) in [5, 5.41) is 5.50. The molecule has 1 aliphatic rings. The third kappa shape index (κ3) is 4.93. The van der Waals surface area contributed by atoms with E-state index in [2.05, 4.69) is 10.6 Å². The molecule has 2 N–H and O–H groups in total. The first-order chi connectivity index (χ1) is 7.93. The van der Waals surface area contributed by atoms with Gasteiger partial charge < -0.3 is 10.6 Å². The van der Waals surface area contributed by atoms with E-state index in [4.69, 9.17) is 0 Å². The fourth-order valence-corrected chi connectivity index (χ4v) is 2.14. The molecule has 1 saturated carbocycles. The van der Waals surface area contributed by atoms with Crippen molar-refractivity contribution < 1.29 is 18.0 Å². The lowest BCUT2D eigenvalue weighted by molar-refractivity contribution is -0.184. The molecule has 0 spiro atoms. The van der Waals surface area contributed by atoms with Crippen LogP contribution in [0, 0.1) is 5.92 Å². The normalized spacial score (nSPS) is 25.6. The second-order valence-electron chi connectivity index (χ2n) is 4.45. The number of likely N-dealkylation sites (N-methyl/N-ethyl adjacent to an activating group) is 1. The maximum Gasteiger partial charge on any atom is 0.391 e. The van der Waals surface area contributed by atoms with E-state index in [1.807, 2.05) is 6.92 Å². The zero-order valence-corrected chi connectivity index (χ0v) is 9.94. The van der Waals surface area contributed by atoms with E-state index in [1.54, 1.807) is 0 Å². The van der Waals surface area contributed by atoms with Gasteiger partial charge in [0.2, 0.25) is 5.91 Å². The van der Waals surface area contributed by atoms with Crippen LogP contribution < -0.4 is 10.6 Å². The number of amides is 1. The van der Waals surface area contributed by atoms with E-state index in [9.17, 15) is 18.0 Å². The summed E-state index contributed by atoms with van der Waals surface area (Å²) in [7, 11) is 0. The Balaban J connectivity index is 2.37. The van der Waals surface area contributed by atoms with Gasteiger partial charge in [-0.1, -0.05) is 13.3 Å². The van der Waals surface area contributed by atoms with Crippen LogP contribution in [-0.4, -0.2) is 31.2 Å². The Morgan fingerprint density at radius 2 is 2.06 bits per heavy atom.